The van der Waals surface area contributed by atoms with E-state index in [1.807, 2.05) is 12.5 Å². The van der Waals surface area contributed by atoms with Gasteiger partial charge in [-0.05, 0) is 51.0 Å². The molecule has 2 rings (SSSR count). The molecular formula is C16H27N3O2. The third-order valence-corrected chi connectivity index (χ3v) is 4.62. The molecule has 1 aliphatic rings. The van der Waals surface area contributed by atoms with E-state index in [-0.39, 0.29) is 5.92 Å². The smallest absolute Gasteiger partial charge is 0.306 e. The molecule has 1 atom stereocenters. The molecule has 21 heavy (non-hydrogen) atoms. The molecule has 1 aliphatic carbocycles. The summed E-state index contributed by atoms with van der Waals surface area (Å²) in [4.78, 5) is 15.7. The highest BCUT2D eigenvalue weighted by Gasteiger charge is 2.22. The first kappa shape index (κ1) is 16.0. The molecule has 1 fully saturated rings. The van der Waals surface area contributed by atoms with Crippen molar-refractivity contribution < 1.29 is 9.90 Å². The molecule has 3 N–H and O–H groups in total. The fraction of sp³-hybridized carbons (Fsp3) is 0.750. The molecule has 1 saturated carbocycles. The molecule has 0 amide bonds. The average molecular weight is 293 g/mol. The van der Waals surface area contributed by atoms with Crippen LogP contribution in [0.25, 0.3) is 0 Å². The number of rotatable bonds is 7. The van der Waals surface area contributed by atoms with E-state index < -0.39 is 5.97 Å². The Hall–Kier alpha value is -1.36. The summed E-state index contributed by atoms with van der Waals surface area (Å²) in [5, 5.41) is 9.27. The van der Waals surface area contributed by atoms with Crippen molar-refractivity contribution in [2.45, 2.75) is 57.9 Å². The van der Waals surface area contributed by atoms with Gasteiger partial charge in [-0.2, -0.15) is 0 Å². The summed E-state index contributed by atoms with van der Waals surface area (Å²) in [6, 6.07) is 0.537. The summed E-state index contributed by atoms with van der Waals surface area (Å²) in [5.74, 6) is -0.287. The van der Waals surface area contributed by atoms with Gasteiger partial charge in [0.05, 0.1) is 17.9 Å². The monoisotopic (exact) mass is 293 g/mol. The van der Waals surface area contributed by atoms with Crippen LogP contribution >= 0.6 is 0 Å². The first-order valence-corrected chi connectivity index (χ1v) is 8.05. The summed E-state index contributed by atoms with van der Waals surface area (Å²) in [6.45, 7) is 2.85. The van der Waals surface area contributed by atoms with Crippen molar-refractivity contribution in [3.8, 4) is 0 Å². The molecule has 5 heteroatoms. The molecule has 1 heterocycles. The topological polar surface area (TPSA) is 81.1 Å². The minimum Gasteiger partial charge on any atom is -0.481 e. The summed E-state index contributed by atoms with van der Waals surface area (Å²) in [7, 11) is 0. The van der Waals surface area contributed by atoms with Crippen molar-refractivity contribution in [2.24, 2.45) is 17.6 Å². The Morgan fingerprint density at radius 1 is 1.48 bits per heavy atom. The first-order valence-electron chi connectivity index (χ1n) is 8.05. The van der Waals surface area contributed by atoms with E-state index in [2.05, 4.69) is 16.5 Å². The second kappa shape index (κ2) is 7.59. The van der Waals surface area contributed by atoms with Crippen LogP contribution in [0.3, 0.4) is 0 Å². The molecule has 0 spiro atoms. The van der Waals surface area contributed by atoms with Crippen LogP contribution in [0.4, 0.5) is 0 Å². The molecule has 1 aromatic heterocycles. The lowest BCUT2D eigenvalue weighted by Crippen LogP contribution is -2.18. The van der Waals surface area contributed by atoms with Crippen molar-refractivity contribution in [2.75, 3.05) is 6.54 Å². The highest BCUT2D eigenvalue weighted by atomic mass is 16.4. The third kappa shape index (κ3) is 4.56. The number of imidazole rings is 1. The maximum Gasteiger partial charge on any atom is 0.306 e. The zero-order chi connectivity index (χ0) is 15.2. The van der Waals surface area contributed by atoms with E-state index >= 15 is 0 Å². The van der Waals surface area contributed by atoms with E-state index in [0.29, 0.717) is 25.4 Å². The summed E-state index contributed by atoms with van der Waals surface area (Å²) < 4.78 is 2.18. The van der Waals surface area contributed by atoms with Gasteiger partial charge in [0.25, 0.3) is 0 Å². The minimum atomic E-state index is -0.746. The highest BCUT2D eigenvalue weighted by molar-refractivity contribution is 5.70. The molecule has 1 unspecified atom stereocenters. The fourth-order valence-corrected chi connectivity index (χ4v) is 3.15. The van der Waals surface area contributed by atoms with Gasteiger partial charge in [-0.3, -0.25) is 4.79 Å². The van der Waals surface area contributed by atoms with Crippen LogP contribution in [-0.4, -0.2) is 27.2 Å². The van der Waals surface area contributed by atoms with Gasteiger partial charge in [-0.1, -0.05) is 6.92 Å². The molecule has 0 aromatic carbocycles. The van der Waals surface area contributed by atoms with Gasteiger partial charge in [0.1, 0.15) is 0 Å². The summed E-state index contributed by atoms with van der Waals surface area (Å²) in [6.07, 6.45) is 10.7. The summed E-state index contributed by atoms with van der Waals surface area (Å²) in [5.41, 5.74) is 6.36. The van der Waals surface area contributed by atoms with Crippen molar-refractivity contribution in [1.82, 2.24) is 9.55 Å². The Balaban J connectivity index is 1.93. The van der Waals surface area contributed by atoms with E-state index in [9.17, 15) is 9.90 Å². The molecular weight excluding hydrogens is 266 g/mol. The van der Waals surface area contributed by atoms with Crippen LogP contribution in [-0.2, 0) is 11.2 Å². The molecule has 0 radical (unpaired) electrons. The molecule has 0 aliphatic heterocycles. The minimum absolute atomic E-state index is 0.372. The molecule has 0 saturated heterocycles. The van der Waals surface area contributed by atoms with Gasteiger partial charge in [0, 0.05) is 18.7 Å². The maximum absolute atomic E-state index is 11.3. The molecule has 5 nitrogen and oxygen atoms in total. The first-order chi connectivity index (χ1) is 10.1. The number of nitrogens with zero attached hydrogens (tertiary/aromatic N) is 2. The number of nitrogens with two attached hydrogens (primary N) is 1. The standard InChI is InChI=1S/C16H27N3O2/c1-12-4-6-15(7-5-12)19-10-14(18-11-19)9-13(16(20)21)3-2-8-17/h10-13,15H,2-9,17H2,1H3,(H,20,21)/t12-,13?,15-. The van der Waals surface area contributed by atoms with E-state index in [0.717, 1.165) is 18.0 Å². The van der Waals surface area contributed by atoms with Crippen LogP contribution in [0.2, 0.25) is 0 Å². The van der Waals surface area contributed by atoms with Crippen LogP contribution in [0, 0.1) is 11.8 Å². The van der Waals surface area contributed by atoms with Crippen molar-refractivity contribution >= 4 is 5.97 Å². The van der Waals surface area contributed by atoms with Crippen LogP contribution in [0.15, 0.2) is 12.5 Å². The number of carboxylic acid groups (broad SMARTS) is 1. The summed E-state index contributed by atoms with van der Waals surface area (Å²) >= 11 is 0. The highest BCUT2D eigenvalue weighted by Crippen LogP contribution is 2.31. The predicted octanol–water partition coefficient (Wildman–Crippen LogP) is 2.62. The average Bonchev–Trinajstić information content (AvgIpc) is 2.92. The Bertz CT molecular complexity index is 450. The van der Waals surface area contributed by atoms with Crippen LogP contribution in [0.1, 0.15) is 57.2 Å². The van der Waals surface area contributed by atoms with Crippen LogP contribution in [0.5, 0.6) is 0 Å². The largest absolute Gasteiger partial charge is 0.481 e. The Morgan fingerprint density at radius 3 is 2.81 bits per heavy atom. The van der Waals surface area contributed by atoms with Gasteiger partial charge in [0.2, 0.25) is 0 Å². The van der Waals surface area contributed by atoms with Gasteiger partial charge >= 0.3 is 5.97 Å². The number of hydrogen-bond acceptors (Lipinski definition) is 3. The lowest BCUT2D eigenvalue weighted by molar-refractivity contribution is -0.142. The number of aliphatic carboxylic acids is 1. The molecule has 0 bridgehead atoms. The Morgan fingerprint density at radius 2 is 2.19 bits per heavy atom. The predicted molar refractivity (Wildman–Crippen MR) is 82.0 cm³/mol. The lowest BCUT2D eigenvalue weighted by atomic mass is 9.87. The number of carboxylic acids is 1. The van der Waals surface area contributed by atoms with Gasteiger partial charge in [-0.15, -0.1) is 0 Å². The number of aromatic nitrogens is 2. The zero-order valence-corrected chi connectivity index (χ0v) is 12.9. The second-order valence-electron chi connectivity index (χ2n) is 6.40. The SMILES string of the molecule is C[C@H]1CC[C@H](n2cnc(CC(CCCN)C(=O)O)c2)CC1. The van der Waals surface area contributed by atoms with Crippen molar-refractivity contribution in [1.29, 1.82) is 0 Å². The maximum atomic E-state index is 11.3. The normalized spacial score (nSPS) is 23.9. The fourth-order valence-electron chi connectivity index (χ4n) is 3.15. The van der Waals surface area contributed by atoms with Crippen molar-refractivity contribution in [3.05, 3.63) is 18.2 Å². The third-order valence-electron chi connectivity index (χ3n) is 4.62. The molecule has 1 aromatic rings. The van der Waals surface area contributed by atoms with E-state index in [1.54, 1.807) is 0 Å². The van der Waals surface area contributed by atoms with Gasteiger partial charge in [0.15, 0.2) is 0 Å². The lowest BCUT2D eigenvalue weighted by Gasteiger charge is -2.26. The number of hydrogen-bond donors (Lipinski definition) is 2. The van der Waals surface area contributed by atoms with E-state index in [1.165, 1.54) is 25.7 Å². The van der Waals surface area contributed by atoms with Gasteiger partial charge < -0.3 is 15.4 Å². The quantitative estimate of drug-likeness (QED) is 0.809. The number of carbonyl (C=O) groups is 1. The second-order valence-corrected chi connectivity index (χ2v) is 6.40. The van der Waals surface area contributed by atoms with E-state index in [4.69, 9.17) is 5.73 Å². The molecule has 118 valence electrons. The Labute approximate surface area is 126 Å². The van der Waals surface area contributed by atoms with Crippen molar-refractivity contribution in [3.63, 3.8) is 0 Å². The van der Waals surface area contributed by atoms with Gasteiger partial charge in [-0.25, -0.2) is 4.98 Å². The zero-order valence-electron chi connectivity index (χ0n) is 12.9. The van der Waals surface area contributed by atoms with Crippen LogP contribution < -0.4 is 5.73 Å². The Kier molecular flexibility index (Phi) is 5.79.